The molecule has 2 N–H and O–H groups in total. The van der Waals surface area contributed by atoms with Gasteiger partial charge in [-0.2, -0.15) is 5.10 Å². The Morgan fingerprint density at radius 3 is 2.52 bits per heavy atom. The third-order valence-electron chi connectivity index (χ3n) is 2.48. The molecular weight excluding hydrogens is 302 g/mol. The van der Waals surface area contributed by atoms with Crippen LogP contribution in [0.3, 0.4) is 0 Å². The molecule has 108 valence electrons. The number of carbonyl (C=O) groups excluding carboxylic acids is 1. The molecule has 0 aliphatic rings. The molecule has 2 aromatic rings. The molecule has 7 heteroatoms. The summed E-state index contributed by atoms with van der Waals surface area (Å²) in [5, 5.41) is 13.5. The fraction of sp³-hybridized carbons (Fsp3) is 0. The standard InChI is InChI=1S/C14H9ClF2N2O2/c15-10-1-2-13(20)9(3-10)7-18-19-14(21)8-4-11(16)6-12(17)5-8/h1-7,20H,(H,19,21). The molecule has 0 spiro atoms. The lowest BCUT2D eigenvalue weighted by molar-refractivity contribution is 0.0954. The van der Waals surface area contributed by atoms with Gasteiger partial charge in [0.05, 0.1) is 6.21 Å². The van der Waals surface area contributed by atoms with Gasteiger partial charge in [0, 0.05) is 22.2 Å². The number of phenolic OH excluding ortho intramolecular Hbond substituents is 1. The van der Waals surface area contributed by atoms with E-state index in [9.17, 15) is 18.7 Å². The van der Waals surface area contributed by atoms with Crippen LogP contribution >= 0.6 is 11.6 Å². The Balaban J connectivity index is 2.10. The number of halogens is 3. The number of carbonyl (C=O) groups is 1. The number of aromatic hydroxyl groups is 1. The van der Waals surface area contributed by atoms with Crippen LogP contribution in [-0.4, -0.2) is 17.2 Å². The second-order valence-electron chi connectivity index (χ2n) is 4.06. The van der Waals surface area contributed by atoms with Crippen molar-refractivity contribution in [2.24, 2.45) is 5.10 Å². The maximum absolute atomic E-state index is 13.0. The summed E-state index contributed by atoms with van der Waals surface area (Å²) in [6.07, 6.45) is 1.16. The molecule has 0 aromatic heterocycles. The van der Waals surface area contributed by atoms with Gasteiger partial charge in [-0.15, -0.1) is 0 Å². The van der Waals surface area contributed by atoms with Gasteiger partial charge < -0.3 is 5.11 Å². The largest absolute Gasteiger partial charge is 0.507 e. The number of hydrogen-bond acceptors (Lipinski definition) is 3. The van der Waals surface area contributed by atoms with E-state index >= 15 is 0 Å². The number of hydrazone groups is 1. The van der Waals surface area contributed by atoms with Crippen LogP contribution in [0.5, 0.6) is 5.75 Å². The molecule has 0 atom stereocenters. The summed E-state index contributed by atoms with van der Waals surface area (Å²) in [5.41, 5.74) is 2.17. The Hall–Kier alpha value is -2.47. The van der Waals surface area contributed by atoms with Crippen LogP contribution in [0.2, 0.25) is 5.02 Å². The number of nitrogens with one attached hydrogen (secondary N) is 1. The minimum absolute atomic E-state index is 0.0748. The third kappa shape index (κ3) is 4.00. The molecule has 0 saturated carbocycles. The van der Waals surface area contributed by atoms with Gasteiger partial charge in [-0.1, -0.05) is 11.6 Å². The van der Waals surface area contributed by atoms with E-state index in [2.05, 4.69) is 10.5 Å². The number of hydrogen-bond donors (Lipinski definition) is 2. The summed E-state index contributed by atoms with van der Waals surface area (Å²) in [6, 6.07) is 6.71. The van der Waals surface area contributed by atoms with Crippen LogP contribution in [-0.2, 0) is 0 Å². The molecular formula is C14H9ClF2N2O2. The number of nitrogens with zero attached hydrogens (tertiary/aromatic N) is 1. The van der Waals surface area contributed by atoms with Gasteiger partial charge in [-0.3, -0.25) is 4.79 Å². The van der Waals surface area contributed by atoms with Gasteiger partial charge >= 0.3 is 0 Å². The Kier molecular flexibility index (Phi) is 4.49. The van der Waals surface area contributed by atoms with Crippen molar-refractivity contribution in [3.63, 3.8) is 0 Å². The van der Waals surface area contributed by atoms with Crippen molar-refractivity contribution < 1.29 is 18.7 Å². The monoisotopic (exact) mass is 310 g/mol. The van der Waals surface area contributed by atoms with Gasteiger partial charge in [0.1, 0.15) is 17.4 Å². The van der Waals surface area contributed by atoms with E-state index in [0.717, 1.165) is 18.3 Å². The number of phenols is 1. The molecule has 0 aliphatic heterocycles. The van der Waals surface area contributed by atoms with Gasteiger partial charge in [-0.25, -0.2) is 14.2 Å². The minimum Gasteiger partial charge on any atom is -0.507 e. The summed E-state index contributed by atoms with van der Waals surface area (Å²) in [6.45, 7) is 0. The zero-order valence-corrected chi connectivity index (χ0v) is 11.2. The maximum atomic E-state index is 13.0. The van der Waals surface area contributed by atoms with E-state index in [1.165, 1.54) is 18.2 Å². The lowest BCUT2D eigenvalue weighted by Crippen LogP contribution is -2.18. The van der Waals surface area contributed by atoms with Gasteiger partial charge in [0.25, 0.3) is 5.91 Å². The number of benzene rings is 2. The van der Waals surface area contributed by atoms with Crippen molar-refractivity contribution in [1.29, 1.82) is 0 Å². The van der Waals surface area contributed by atoms with Crippen molar-refractivity contribution in [1.82, 2.24) is 5.43 Å². The first-order valence-corrected chi connectivity index (χ1v) is 6.11. The highest BCUT2D eigenvalue weighted by Crippen LogP contribution is 2.19. The van der Waals surface area contributed by atoms with Gasteiger partial charge in [0.2, 0.25) is 0 Å². The van der Waals surface area contributed by atoms with E-state index in [-0.39, 0.29) is 16.9 Å². The molecule has 2 aromatic carbocycles. The van der Waals surface area contributed by atoms with Crippen LogP contribution in [0.15, 0.2) is 41.5 Å². The lowest BCUT2D eigenvalue weighted by Gasteiger charge is -2.01. The smallest absolute Gasteiger partial charge is 0.271 e. The van der Waals surface area contributed by atoms with Crippen LogP contribution in [0.4, 0.5) is 8.78 Å². The van der Waals surface area contributed by atoms with Crippen LogP contribution < -0.4 is 5.43 Å². The predicted octanol–water partition coefficient (Wildman–Crippen LogP) is 3.09. The van der Waals surface area contributed by atoms with E-state index < -0.39 is 17.5 Å². The topological polar surface area (TPSA) is 61.7 Å². The first-order valence-electron chi connectivity index (χ1n) is 5.74. The Morgan fingerprint density at radius 2 is 1.86 bits per heavy atom. The SMILES string of the molecule is O=C(NN=Cc1cc(Cl)ccc1O)c1cc(F)cc(F)c1. The van der Waals surface area contributed by atoms with E-state index in [1.807, 2.05) is 0 Å². The molecule has 21 heavy (non-hydrogen) atoms. The fourth-order valence-corrected chi connectivity index (χ4v) is 1.72. The summed E-state index contributed by atoms with van der Waals surface area (Å²) < 4.78 is 25.9. The summed E-state index contributed by atoms with van der Waals surface area (Å²) in [4.78, 5) is 11.6. The molecule has 1 amide bonds. The lowest BCUT2D eigenvalue weighted by atomic mass is 10.2. The van der Waals surface area contributed by atoms with E-state index in [4.69, 9.17) is 11.6 Å². The highest BCUT2D eigenvalue weighted by Gasteiger charge is 2.08. The average molecular weight is 311 g/mol. The van der Waals surface area contributed by atoms with Crippen molar-refractivity contribution in [3.05, 3.63) is 64.2 Å². The average Bonchev–Trinajstić information content (AvgIpc) is 2.41. The minimum atomic E-state index is -0.864. The number of amides is 1. The van der Waals surface area contributed by atoms with Gasteiger partial charge in [0.15, 0.2) is 0 Å². The molecule has 0 radical (unpaired) electrons. The zero-order chi connectivity index (χ0) is 15.4. The molecule has 0 saturated heterocycles. The Morgan fingerprint density at radius 1 is 1.19 bits per heavy atom. The Labute approximate surface area is 123 Å². The van der Waals surface area contributed by atoms with Crippen molar-refractivity contribution in [3.8, 4) is 5.75 Å². The Bertz CT molecular complexity index is 700. The second kappa shape index (κ2) is 6.32. The quantitative estimate of drug-likeness (QED) is 0.676. The first-order chi connectivity index (χ1) is 9.95. The molecule has 0 fully saturated rings. The normalized spacial score (nSPS) is 10.8. The van der Waals surface area contributed by atoms with Crippen LogP contribution in [0.25, 0.3) is 0 Å². The third-order valence-corrected chi connectivity index (χ3v) is 2.72. The van der Waals surface area contributed by atoms with Crippen LogP contribution in [0, 0.1) is 11.6 Å². The molecule has 0 heterocycles. The zero-order valence-electron chi connectivity index (χ0n) is 10.5. The fourth-order valence-electron chi connectivity index (χ4n) is 1.54. The van der Waals surface area contributed by atoms with Crippen molar-refractivity contribution in [2.75, 3.05) is 0 Å². The van der Waals surface area contributed by atoms with Crippen molar-refractivity contribution >= 4 is 23.7 Å². The summed E-state index contributed by atoms with van der Waals surface area (Å²) >= 11 is 5.75. The first kappa shape index (κ1) is 14.9. The highest BCUT2D eigenvalue weighted by atomic mass is 35.5. The maximum Gasteiger partial charge on any atom is 0.271 e. The van der Waals surface area contributed by atoms with E-state index in [0.29, 0.717) is 11.1 Å². The summed E-state index contributed by atoms with van der Waals surface area (Å²) in [5.74, 6) is -2.59. The highest BCUT2D eigenvalue weighted by molar-refractivity contribution is 6.30. The summed E-state index contributed by atoms with van der Waals surface area (Å²) in [7, 11) is 0. The molecule has 0 aliphatic carbocycles. The molecule has 4 nitrogen and oxygen atoms in total. The van der Waals surface area contributed by atoms with Crippen molar-refractivity contribution in [2.45, 2.75) is 0 Å². The molecule has 2 rings (SSSR count). The predicted molar refractivity (Wildman–Crippen MR) is 74.5 cm³/mol. The van der Waals surface area contributed by atoms with Crippen LogP contribution in [0.1, 0.15) is 15.9 Å². The molecule has 0 bridgehead atoms. The van der Waals surface area contributed by atoms with Gasteiger partial charge in [-0.05, 0) is 30.3 Å². The second-order valence-corrected chi connectivity index (χ2v) is 4.50. The molecule has 0 unspecified atom stereocenters. The van der Waals surface area contributed by atoms with E-state index in [1.54, 1.807) is 0 Å². The number of rotatable bonds is 3.